The molecular weight excluding hydrogens is 264 g/mol. The number of aldehydes is 1. The summed E-state index contributed by atoms with van der Waals surface area (Å²) in [6.07, 6.45) is 3.26. The lowest BCUT2D eigenvalue weighted by atomic mass is 9.98. The van der Waals surface area contributed by atoms with E-state index < -0.39 is 0 Å². The van der Waals surface area contributed by atoms with Crippen LogP contribution in [0.4, 0.5) is 0 Å². The van der Waals surface area contributed by atoms with Crippen molar-refractivity contribution in [2.45, 2.75) is 18.8 Å². The molecule has 0 aromatic heterocycles. The van der Waals surface area contributed by atoms with Gasteiger partial charge in [-0.05, 0) is 42.0 Å². The van der Waals surface area contributed by atoms with Crippen LogP contribution < -0.4 is 9.47 Å². The Balaban J connectivity index is 2.08. The molecule has 0 atom stereocenters. The third-order valence-corrected chi connectivity index (χ3v) is 3.90. The minimum absolute atomic E-state index is 0.572. The topological polar surface area (TPSA) is 35.5 Å². The van der Waals surface area contributed by atoms with Gasteiger partial charge >= 0.3 is 0 Å². The van der Waals surface area contributed by atoms with E-state index in [0.29, 0.717) is 11.5 Å². The lowest BCUT2D eigenvalue weighted by Gasteiger charge is -2.15. The van der Waals surface area contributed by atoms with Crippen LogP contribution >= 0.6 is 0 Å². The Morgan fingerprint density at radius 3 is 2.24 bits per heavy atom. The summed E-state index contributed by atoms with van der Waals surface area (Å²) in [6.45, 7) is 0. The first-order valence-corrected chi connectivity index (χ1v) is 7.08. The molecule has 1 aliphatic rings. The highest BCUT2D eigenvalue weighted by molar-refractivity contribution is 5.77. The highest BCUT2D eigenvalue weighted by Gasteiger charge is 2.29. The summed E-state index contributed by atoms with van der Waals surface area (Å²) in [5, 5.41) is 0. The van der Waals surface area contributed by atoms with Crippen molar-refractivity contribution in [2.24, 2.45) is 0 Å². The third-order valence-electron chi connectivity index (χ3n) is 3.90. The second kappa shape index (κ2) is 5.60. The van der Waals surface area contributed by atoms with Crippen LogP contribution in [-0.2, 0) is 0 Å². The van der Waals surface area contributed by atoms with Gasteiger partial charge in [-0.3, -0.25) is 4.79 Å². The Bertz CT molecular complexity index is 655. The average molecular weight is 282 g/mol. The molecule has 0 amide bonds. The van der Waals surface area contributed by atoms with Gasteiger partial charge in [0, 0.05) is 11.1 Å². The molecule has 0 radical (unpaired) electrons. The van der Waals surface area contributed by atoms with E-state index in [2.05, 4.69) is 6.07 Å². The van der Waals surface area contributed by atoms with Gasteiger partial charge in [-0.1, -0.05) is 24.3 Å². The number of carbonyl (C=O) groups excluding carboxylic acids is 1. The second-order valence-corrected chi connectivity index (χ2v) is 5.32. The van der Waals surface area contributed by atoms with Crippen LogP contribution in [0.25, 0.3) is 11.1 Å². The van der Waals surface area contributed by atoms with Gasteiger partial charge < -0.3 is 9.47 Å². The summed E-state index contributed by atoms with van der Waals surface area (Å²) in [4.78, 5) is 10.8. The molecule has 1 fully saturated rings. The monoisotopic (exact) mass is 282 g/mol. The fraction of sp³-hybridized carbons (Fsp3) is 0.278. The van der Waals surface area contributed by atoms with Crippen LogP contribution in [0.1, 0.15) is 34.7 Å². The molecule has 3 rings (SSSR count). The smallest absolute Gasteiger partial charge is 0.164 e. The Labute approximate surface area is 124 Å². The molecule has 1 saturated carbocycles. The molecule has 0 spiro atoms. The van der Waals surface area contributed by atoms with Crippen molar-refractivity contribution in [1.29, 1.82) is 0 Å². The van der Waals surface area contributed by atoms with Gasteiger partial charge in [-0.2, -0.15) is 0 Å². The van der Waals surface area contributed by atoms with Crippen LogP contribution in [-0.4, -0.2) is 20.5 Å². The molecule has 2 aromatic carbocycles. The Morgan fingerprint density at radius 1 is 1.00 bits per heavy atom. The van der Waals surface area contributed by atoms with Crippen LogP contribution in [0.15, 0.2) is 36.4 Å². The van der Waals surface area contributed by atoms with Crippen molar-refractivity contribution in [3.8, 4) is 22.6 Å². The zero-order chi connectivity index (χ0) is 14.8. The highest BCUT2D eigenvalue weighted by Crippen LogP contribution is 2.49. The fourth-order valence-corrected chi connectivity index (χ4v) is 2.61. The number of benzene rings is 2. The minimum Gasteiger partial charge on any atom is -0.493 e. The molecule has 108 valence electrons. The number of rotatable bonds is 5. The van der Waals surface area contributed by atoms with Crippen LogP contribution in [0, 0.1) is 0 Å². The van der Waals surface area contributed by atoms with Crippen molar-refractivity contribution in [3.63, 3.8) is 0 Å². The van der Waals surface area contributed by atoms with E-state index in [1.54, 1.807) is 14.2 Å². The normalized spacial score (nSPS) is 13.8. The predicted molar refractivity (Wildman–Crippen MR) is 82.3 cm³/mol. The van der Waals surface area contributed by atoms with Crippen molar-refractivity contribution in [2.75, 3.05) is 14.2 Å². The molecule has 21 heavy (non-hydrogen) atoms. The van der Waals surface area contributed by atoms with Crippen molar-refractivity contribution in [1.82, 2.24) is 0 Å². The summed E-state index contributed by atoms with van der Waals surface area (Å²) < 4.78 is 11.0. The SMILES string of the molecule is COc1cc(-c2ccc(C=O)cc2)cc(C2CC2)c1OC. The van der Waals surface area contributed by atoms with E-state index in [-0.39, 0.29) is 0 Å². The van der Waals surface area contributed by atoms with Gasteiger partial charge in [-0.15, -0.1) is 0 Å². The van der Waals surface area contributed by atoms with Crippen LogP contribution in [0.2, 0.25) is 0 Å². The van der Waals surface area contributed by atoms with Gasteiger partial charge in [0.15, 0.2) is 11.5 Å². The molecular formula is C18H18O3. The molecule has 0 heterocycles. The van der Waals surface area contributed by atoms with Crippen LogP contribution in [0.5, 0.6) is 11.5 Å². The van der Waals surface area contributed by atoms with Crippen molar-refractivity contribution in [3.05, 3.63) is 47.5 Å². The van der Waals surface area contributed by atoms with E-state index in [9.17, 15) is 4.79 Å². The Kier molecular flexibility index (Phi) is 3.65. The summed E-state index contributed by atoms with van der Waals surface area (Å²) in [6, 6.07) is 11.7. The van der Waals surface area contributed by atoms with E-state index in [1.165, 1.54) is 18.4 Å². The maximum atomic E-state index is 10.8. The summed E-state index contributed by atoms with van der Waals surface area (Å²) in [7, 11) is 3.34. The number of ether oxygens (including phenoxy) is 2. The highest BCUT2D eigenvalue weighted by atomic mass is 16.5. The molecule has 1 aliphatic carbocycles. The number of carbonyl (C=O) groups is 1. The Morgan fingerprint density at radius 2 is 1.71 bits per heavy atom. The molecule has 3 nitrogen and oxygen atoms in total. The molecule has 2 aromatic rings. The lowest BCUT2D eigenvalue weighted by Crippen LogP contribution is -1.96. The molecule has 3 heteroatoms. The zero-order valence-corrected chi connectivity index (χ0v) is 12.3. The van der Waals surface area contributed by atoms with E-state index in [1.807, 2.05) is 30.3 Å². The summed E-state index contributed by atoms with van der Waals surface area (Å²) in [5.74, 6) is 2.17. The van der Waals surface area contributed by atoms with E-state index in [4.69, 9.17) is 9.47 Å². The third kappa shape index (κ3) is 2.64. The fourth-order valence-electron chi connectivity index (χ4n) is 2.61. The molecule has 0 bridgehead atoms. The van der Waals surface area contributed by atoms with Crippen molar-refractivity contribution >= 4 is 6.29 Å². The minimum atomic E-state index is 0.572. The average Bonchev–Trinajstić information content (AvgIpc) is 3.38. The zero-order valence-electron chi connectivity index (χ0n) is 12.3. The van der Waals surface area contributed by atoms with Gasteiger partial charge in [0.1, 0.15) is 6.29 Å². The lowest BCUT2D eigenvalue weighted by molar-refractivity contribution is 0.112. The number of methoxy groups -OCH3 is 2. The van der Waals surface area contributed by atoms with Gasteiger partial charge in [0.2, 0.25) is 0 Å². The maximum absolute atomic E-state index is 10.8. The quantitative estimate of drug-likeness (QED) is 0.776. The summed E-state index contributed by atoms with van der Waals surface area (Å²) in [5.41, 5.74) is 4.06. The first-order valence-electron chi connectivity index (χ1n) is 7.08. The number of hydrogen-bond donors (Lipinski definition) is 0. The first-order chi connectivity index (χ1) is 10.3. The predicted octanol–water partition coefficient (Wildman–Crippen LogP) is 4.06. The number of hydrogen-bond acceptors (Lipinski definition) is 3. The van der Waals surface area contributed by atoms with Gasteiger partial charge in [0.05, 0.1) is 14.2 Å². The largest absolute Gasteiger partial charge is 0.493 e. The molecule has 0 aliphatic heterocycles. The molecule has 0 saturated heterocycles. The van der Waals surface area contributed by atoms with Crippen molar-refractivity contribution < 1.29 is 14.3 Å². The molecule has 0 unspecified atom stereocenters. The molecule has 0 N–H and O–H groups in total. The van der Waals surface area contributed by atoms with Gasteiger partial charge in [0.25, 0.3) is 0 Å². The van der Waals surface area contributed by atoms with E-state index >= 15 is 0 Å². The maximum Gasteiger partial charge on any atom is 0.164 e. The van der Waals surface area contributed by atoms with Gasteiger partial charge in [-0.25, -0.2) is 0 Å². The first kappa shape index (κ1) is 13.7. The van der Waals surface area contributed by atoms with E-state index in [0.717, 1.165) is 28.9 Å². The van der Waals surface area contributed by atoms with Crippen LogP contribution in [0.3, 0.4) is 0 Å². The Hall–Kier alpha value is -2.29. The summed E-state index contributed by atoms with van der Waals surface area (Å²) >= 11 is 0. The standard InChI is InChI=1S/C18H18O3/c1-20-17-10-15(13-5-3-12(11-19)4-6-13)9-16(14-7-8-14)18(17)21-2/h3-6,9-11,14H,7-8H2,1-2H3. The second-order valence-electron chi connectivity index (χ2n) is 5.32.